The average molecular weight is 205 g/mol. The van der Waals surface area contributed by atoms with Gasteiger partial charge >= 0.3 is 0 Å². The largest absolute Gasteiger partial charge is 0.464 e. The summed E-state index contributed by atoms with van der Waals surface area (Å²) in [6.45, 7) is 0. The van der Waals surface area contributed by atoms with E-state index in [4.69, 9.17) is 9.68 Å². The molecule has 0 saturated carbocycles. The maximum Gasteiger partial charge on any atom is 0.144 e. The molecule has 74 valence electrons. The Kier molecular flexibility index (Phi) is 2.22. The summed E-state index contributed by atoms with van der Waals surface area (Å²) < 4.78 is 31.4. The summed E-state index contributed by atoms with van der Waals surface area (Å²) >= 11 is 0. The van der Waals surface area contributed by atoms with E-state index < -0.39 is 17.2 Å². The molecule has 1 aromatic carbocycles. The van der Waals surface area contributed by atoms with Gasteiger partial charge in [0.2, 0.25) is 0 Å². The molecule has 0 fully saturated rings. The van der Waals surface area contributed by atoms with Gasteiger partial charge in [0.15, 0.2) is 0 Å². The van der Waals surface area contributed by atoms with Crippen LogP contribution in [0.3, 0.4) is 0 Å². The number of nitrogens with zero attached hydrogens (tertiary/aromatic N) is 1. The van der Waals surface area contributed by atoms with Crippen molar-refractivity contribution < 1.29 is 13.2 Å². The SMILES string of the molecule is N#Cc1c(F)cc(-c2ccco2)cc1F. The minimum absolute atomic E-state index is 0.272. The molecule has 0 atom stereocenters. The summed E-state index contributed by atoms with van der Waals surface area (Å²) in [6.07, 6.45) is 1.41. The number of hydrogen-bond donors (Lipinski definition) is 0. The summed E-state index contributed by atoms with van der Waals surface area (Å²) in [5.41, 5.74) is -0.306. The molecule has 2 nitrogen and oxygen atoms in total. The molecule has 0 aliphatic heterocycles. The van der Waals surface area contributed by atoms with Crippen LogP contribution in [0, 0.1) is 23.0 Å². The van der Waals surface area contributed by atoms with E-state index >= 15 is 0 Å². The summed E-state index contributed by atoms with van der Waals surface area (Å²) in [5, 5.41) is 8.47. The number of benzene rings is 1. The van der Waals surface area contributed by atoms with E-state index in [2.05, 4.69) is 0 Å². The Morgan fingerprint density at radius 3 is 2.33 bits per heavy atom. The highest BCUT2D eigenvalue weighted by molar-refractivity contribution is 5.59. The third kappa shape index (κ3) is 1.59. The second-order valence-electron chi connectivity index (χ2n) is 2.90. The van der Waals surface area contributed by atoms with Gasteiger partial charge in [-0.2, -0.15) is 5.26 Å². The van der Waals surface area contributed by atoms with Gasteiger partial charge in [0.25, 0.3) is 0 Å². The van der Waals surface area contributed by atoms with Crippen molar-refractivity contribution in [1.29, 1.82) is 5.26 Å². The zero-order chi connectivity index (χ0) is 10.8. The lowest BCUT2D eigenvalue weighted by atomic mass is 10.1. The van der Waals surface area contributed by atoms with E-state index in [1.165, 1.54) is 12.3 Å². The van der Waals surface area contributed by atoms with Crippen LogP contribution in [0.1, 0.15) is 5.56 Å². The van der Waals surface area contributed by atoms with Gasteiger partial charge in [-0.3, -0.25) is 0 Å². The second kappa shape index (κ2) is 3.54. The fourth-order valence-corrected chi connectivity index (χ4v) is 1.27. The van der Waals surface area contributed by atoms with Crippen LogP contribution in [0.25, 0.3) is 11.3 Å². The molecule has 0 amide bonds. The molecule has 1 aromatic heterocycles. The third-order valence-electron chi connectivity index (χ3n) is 1.96. The molecule has 4 heteroatoms. The molecule has 0 unspecified atom stereocenters. The van der Waals surface area contributed by atoms with E-state index in [0.29, 0.717) is 5.76 Å². The topological polar surface area (TPSA) is 36.9 Å². The normalized spacial score (nSPS) is 9.93. The molecular weight excluding hydrogens is 200 g/mol. The highest BCUT2D eigenvalue weighted by Crippen LogP contribution is 2.24. The monoisotopic (exact) mass is 205 g/mol. The molecule has 2 rings (SSSR count). The first-order chi connectivity index (χ1) is 7.22. The van der Waals surface area contributed by atoms with Gasteiger partial charge in [-0.25, -0.2) is 8.78 Å². The van der Waals surface area contributed by atoms with Crippen LogP contribution >= 0.6 is 0 Å². The molecule has 0 bridgehead atoms. The summed E-state index contributed by atoms with van der Waals surface area (Å²) in [6, 6.07) is 6.79. The predicted molar refractivity (Wildman–Crippen MR) is 48.8 cm³/mol. The lowest BCUT2D eigenvalue weighted by Crippen LogP contribution is -1.91. The fourth-order valence-electron chi connectivity index (χ4n) is 1.27. The van der Waals surface area contributed by atoms with E-state index in [1.807, 2.05) is 0 Å². The van der Waals surface area contributed by atoms with Crippen molar-refractivity contribution in [2.24, 2.45) is 0 Å². The molecule has 0 aliphatic carbocycles. The number of hydrogen-bond acceptors (Lipinski definition) is 2. The van der Waals surface area contributed by atoms with Gasteiger partial charge < -0.3 is 4.42 Å². The maximum absolute atomic E-state index is 13.2. The van der Waals surface area contributed by atoms with Crippen LogP contribution in [0.15, 0.2) is 34.9 Å². The van der Waals surface area contributed by atoms with Crippen molar-refractivity contribution in [2.45, 2.75) is 0 Å². The van der Waals surface area contributed by atoms with Crippen molar-refractivity contribution in [1.82, 2.24) is 0 Å². The first-order valence-corrected chi connectivity index (χ1v) is 4.15. The van der Waals surface area contributed by atoms with Crippen molar-refractivity contribution in [3.8, 4) is 17.4 Å². The Morgan fingerprint density at radius 1 is 1.20 bits per heavy atom. The van der Waals surface area contributed by atoms with Gasteiger partial charge in [0.1, 0.15) is 29.0 Å². The minimum atomic E-state index is -0.885. The van der Waals surface area contributed by atoms with E-state index in [-0.39, 0.29) is 5.56 Å². The third-order valence-corrected chi connectivity index (χ3v) is 1.96. The second-order valence-corrected chi connectivity index (χ2v) is 2.90. The molecule has 0 N–H and O–H groups in total. The van der Waals surface area contributed by atoms with Gasteiger partial charge in [0.05, 0.1) is 6.26 Å². The number of furan rings is 1. The zero-order valence-corrected chi connectivity index (χ0v) is 7.50. The smallest absolute Gasteiger partial charge is 0.144 e. The minimum Gasteiger partial charge on any atom is -0.464 e. The lowest BCUT2D eigenvalue weighted by molar-refractivity contribution is 0.565. The van der Waals surface area contributed by atoms with Crippen molar-refractivity contribution >= 4 is 0 Å². The molecule has 0 saturated heterocycles. The predicted octanol–water partition coefficient (Wildman–Crippen LogP) is 3.10. The van der Waals surface area contributed by atoms with E-state index in [0.717, 1.165) is 12.1 Å². The summed E-state index contributed by atoms with van der Waals surface area (Å²) in [7, 11) is 0. The molecule has 0 spiro atoms. The standard InChI is InChI=1S/C11H5F2NO/c12-9-4-7(11-2-1-3-15-11)5-10(13)8(9)6-14/h1-5H. The molecule has 0 aliphatic rings. The van der Waals surface area contributed by atoms with Crippen LogP contribution < -0.4 is 0 Å². The Balaban J connectivity index is 2.59. The number of nitriles is 1. The highest BCUT2D eigenvalue weighted by Gasteiger charge is 2.12. The Bertz CT molecular complexity index is 503. The Hall–Kier alpha value is -2.15. The van der Waals surface area contributed by atoms with Crippen molar-refractivity contribution in [3.05, 3.63) is 47.7 Å². The van der Waals surface area contributed by atoms with Crippen LogP contribution in [0.5, 0.6) is 0 Å². The van der Waals surface area contributed by atoms with Crippen LogP contribution in [0.2, 0.25) is 0 Å². The molecule has 15 heavy (non-hydrogen) atoms. The zero-order valence-electron chi connectivity index (χ0n) is 7.50. The van der Waals surface area contributed by atoms with Crippen molar-refractivity contribution in [2.75, 3.05) is 0 Å². The molecule has 1 heterocycles. The van der Waals surface area contributed by atoms with Crippen LogP contribution in [-0.2, 0) is 0 Å². The van der Waals surface area contributed by atoms with Crippen LogP contribution in [0.4, 0.5) is 8.78 Å². The Labute approximate surface area is 84.4 Å². The fraction of sp³-hybridized carbons (Fsp3) is 0. The quantitative estimate of drug-likeness (QED) is 0.717. The lowest BCUT2D eigenvalue weighted by Gasteiger charge is -2.00. The molecule has 2 aromatic rings. The van der Waals surface area contributed by atoms with Crippen LogP contribution in [-0.4, -0.2) is 0 Å². The van der Waals surface area contributed by atoms with E-state index in [9.17, 15) is 8.78 Å². The maximum atomic E-state index is 13.2. The molecular formula is C11H5F2NO. The first kappa shape index (κ1) is 9.41. The van der Waals surface area contributed by atoms with Gasteiger partial charge in [0, 0.05) is 5.56 Å². The number of halogens is 2. The summed E-state index contributed by atoms with van der Waals surface area (Å²) in [5.74, 6) is -1.41. The van der Waals surface area contributed by atoms with Gasteiger partial charge in [-0.1, -0.05) is 0 Å². The van der Waals surface area contributed by atoms with Gasteiger partial charge in [-0.15, -0.1) is 0 Å². The first-order valence-electron chi connectivity index (χ1n) is 4.15. The Morgan fingerprint density at radius 2 is 1.87 bits per heavy atom. The van der Waals surface area contributed by atoms with Gasteiger partial charge in [-0.05, 0) is 24.3 Å². The molecule has 0 radical (unpaired) electrons. The van der Waals surface area contributed by atoms with E-state index in [1.54, 1.807) is 12.1 Å². The highest BCUT2D eigenvalue weighted by atomic mass is 19.1. The number of rotatable bonds is 1. The average Bonchev–Trinajstić information content (AvgIpc) is 2.69. The summed E-state index contributed by atoms with van der Waals surface area (Å²) in [4.78, 5) is 0. The van der Waals surface area contributed by atoms with Crippen molar-refractivity contribution in [3.63, 3.8) is 0 Å².